The topological polar surface area (TPSA) is 78.2 Å². The summed E-state index contributed by atoms with van der Waals surface area (Å²) in [6, 6.07) is 20.6. The molecule has 5 nitrogen and oxygen atoms in total. The first-order chi connectivity index (χ1) is 15.2. The van der Waals surface area contributed by atoms with Gasteiger partial charge < -0.3 is 0 Å². The molecule has 3 aromatic rings. The van der Waals surface area contributed by atoms with Gasteiger partial charge in [-0.1, -0.05) is 47.5 Å². The molecule has 3 aromatic carbocycles. The molecule has 0 aliphatic heterocycles. The van der Waals surface area contributed by atoms with Crippen LogP contribution >= 0.6 is 11.6 Å². The van der Waals surface area contributed by atoms with Crippen molar-refractivity contribution in [1.82, 2.24) is 0 Å². The van der Waals surface area contributed by atoms with Gasteiger partial charge in [-0.2, -0.15) is 5.26 Å². The van der Waals surface area contributed by atoms with Crippen molar-refractivity contribution in [3.8, 4) is 6.07 Å². The maximum Gasteiger partial charge on any atom is 0.264 e. The molecule has 32 heavy (non-hydrogen) atoms. The van der Waals surface area contributed by atoms with Crippen LogP contribution in [0, 0.1) is 25.2 Å². The Morgan fingerprint density at radius 3 is 2.41 bits per heavy atom. The van der Waals surface area contributed by atoms with Gasteiger partial charge in [-0.05, 0) is 67.8 Å². The van der Waals surface area contributed by atoms with E-state index in [4.69, 9.17) is 16.9 Å². The molecule has 0 N–H and O–H groups in total. The van der Waals surface area contributed by atoms with E-state index < -0.39 is 10.0 Å². The van der Waals surface area contributed by atoms with Crippen LogP contribution in [0.2, 0.25) is 5.02 Å². The average Bonchev–Trinajstić information content (AvgIpc) is 2.78. The molecule has 7 heteroatoms. The number of aryl methyl sites for hydroxylation is 2. The zero-order valence-electron chi connectivity index (χ0n) is 17.9. The van der Waals surface area contributed by atoms with Crippen molar-refractivity contribution in [1.29, 1.82) is 5.26 Å². The second-order valence-electron chi connectivity index (χ2n) is 7.56. The highest BCUT2D eigenvalue weighted by Crippen LogP contribution is 2.31. The number of sulfonamides is 1. The van der Waals surface area contributed by atoms with Gasteiger partial charge in [-0.25, -0.2) is 8.42 Å². The molecule has 164 valence electrons. The highest BCUT2D eigenvalue weighted by Gasteiger charge is 2.28. The minimum atomic E-state index is -3.99. The second kappa shape index (κ2) is 9.99. The van der Waals surface area contributed by atoms with Gasteiger partial charge in [0.25, 0.3) is 10.0 Å². The minimum Gasteiger partial charge on any atom is -0.298 e. The number of hydrogen-bond acceptors (Lipinski definition) is 4. The van der Waals surface area contributed by atoms with Gasteiger partial charge in [-0.3, -0.25) is 9.10 Å². The van der Waals surface area contributed by atoms with E-state index in [-0.39, 0.29) is 23.6 Å². The van der Waals surface area contributed by atoms with E-state index in [0.29, 0.717) is 28.3 Å². The first kappa shape index (κ1) is 23.5. The summed E-state index contributed by atoms with van der Waals surface area (Å²) in [4.78, 5) is 13.0. The van der Waals surface area contributed by atoms with E-state index in [1.165, 1.54) is 12.1 Å². The molecular weight excluding hydrogens is 444 g/mol. The van der Waals surface area contributed by atoms with E-state index in [9.17, 15) is 13.2 Å². The van der Waals surface area contributed by atoms with Crippen LogP contribution in [0.1, 0.15) is 28.7 Å². The Balaban J connectivity index is 1.90. The van der Waals surface area contributed by atoms with Gasteiger partial charge in [0.15, 0.2) is 5.78 Å². The number of rotatable bonds is 8. The van der Waals surface area contributed by atoms with Crippen LogP contribution in [-0.4, -0.2) is 20.7 Å². The predicted molar refractivity (Wildman–Crippen MR) is 126 cm³/mol. The van der Waals surface area contributed by atoms with Crippen molar-refractivity contribution in [2.75, 3.05) is 10.8 Å². The monoisotopic (exact) mass is 466 g/mol. The van der Waals surface area contributed by atoms with Crippen molar-refractivity contribution >= 4 is 33.1 Å². The summed E-state index contributed by atoms with van der Waals surface area (Å²) in [7, 11) is -3.99. The summed E-state index contributed by atoms with van der Waals surface area (Å²) in [5.41, 5.74) is 3.26. The number of carbonyl (C=O) groups is 1. The smallest absolute Gasteiger partial charge is 0.264 e. The maximum atomic E-state index is 13.5. The van der Waals surface area contributed by atoms with E-state index in [0.717, 1.165) is 15.4 Å². The number of hydrogen-bond donors (Lipinski definition) is 0. The van der Waals surface area contributed by atoms with E-state index >= 15 is 0 Å². The molecule has 0 unspecified atom stereocenters. The largest absolute Gasteiger partial charge is 0.298 e. The Hall–Kier alpha value is -3.14. The van der Waals surface area contributed by atoms with Crippen LogP contribution in [0.15, 0.2) is 71.6 Å². The maximum absolute atomic E-state index is 13.5. The molecule has 0 saturated heterocycles. The number of anilines is 1. The quantitative estimate of drug-likeness (QED) is 0.455. The first-order valence-corrected chi connectivity index (χ1v) is 11.9. The predicted octanol–water partition coefficient (Wildman–Crippen LogP) is 5.23. The van der Waals surface area contributed by atoms with Gasteiger partial charge in [0.1, 0.15) is 0 Å². The van der Waals surface area contributed by atoms with Crippen LogP contribution < -0.4 is 4.31 Å². The summed E-state index contributed by atoms with van der Waals surface area (Å²) in [6.45, 7) is 3.29. The van der Waals surface area contributed by atoms with Crippen molar-refractivity contribution in [2.24, 2.45) is 0 Å². The Labute approximate surface area is 193 Å². The van der Waals surface area contributed by atoms with Crippen LogP contribution in [0.25, 0.3) is 0 Å². The molecule has 0 aliphatic rings. The van der Waals surface area contributed by atoms with Gasteiger partial charge in [0, 0.05) is 11.4 Å². The molecule has 0 fully saturated rings. The number of benzene rings is 3. The van der Waals surface area contributed by atoms with E-state index in [1.807, 2.05) is 13.0 Å². The molecule has 0 saturated carbocycles. The fraction of sp³-hybridized carbons (Fsp3) is 0.200. The summed E-state index contributed by atoms with van der Waals surface area (Å²) in [5, 5.41) is 9.47. The van der Waals surface area contributed by atoms with Gasteiger partial charge in [0.2, 0.25) is 0 Å². The molecule has 3 rings (SSSR count). The number of carbonyl (C=O) groups excluding carboxylic acids is 1. The Morgan fingerprint density at radius 1 is 1.03 bits per heavy atom. The third-order valence-electron chi connectivity index (χ3n) is 5.19. The van der Waals surface area contributed by atoms with Crippen LogP contribution in [0.3, 0.4) is 0 Å². The lowest BCUT2D eigenvalue weighted by Gasteiger charge is -2.26. The van der Waals surface area contributed by atoms with Gasteiger partial charge >= 0.3 is 0 Å². The molecule has 0 aromatic heterocycles. The standard InChI is InChI=1S/C25H23ClN2O3S/c1-18-9-13-23(14-10-18)32(30,31)28(25-8-4-7-24(26)19(25)2)17-22(29)12-11-20-5-3-6-21(15-20)16-27/h3-10,13-15H,11-12,17H2,1-2H3. The normalized spacial score (nSPS) is 11.1. The number of ketones is 1. The molecule has 0 heterocycles. The first-order valence-electron chi connectivity index (χ1n) is 10.1. The Morgan fingerprint density at radius 2 is 1.72 bits per heavy atom. The van der Waals surface area contributed by atoms with E-state index in [2.05, 4.69) is 6.07 Å². The van der Waals surface area contributed by atoms with Crippen molar-refractivity contribution in [3.05, 3.63) is 94.0 Å². The number of halogens is 1. The van der Waals surface area contributed by atoms with Crippen molar-refractivity contribution < 1.29 is 13.2 Å². The third-order valence-corrected chi connectivity index (χ3v) is 7.37. The average molecular weight is 467 g/mol. The van der Waals surface area contributed by atoms with Crippen molar-refractivity contribution in [2.45, 2.75) is 31.6 Å². The number of nitriles is 1. The Bertz CT molecular complexity index is 1280. The van der Waals surface area contributed by atoms with Crippen molar-refractivity contribution in [3.63, 3.8) is 0 Å². The third kappa shape index (κ3) is 5.37. The molecule has 0 aliphatic carbocycles. The fourth-order valence-electron chi connectivity index (χ4n) is 3.32. The van der Waals surface area contributed by atoms with Crippen LogP contribution in [0.5, 0.6) is 0 Å². The minimum absolute atomic E-state index is 0.108. The summed E-state index contributed by atoms with van der Waals surface area (Å²) in [5.74, 6) is -0.234. The second-order valence-corrected chi connectivity index (χ2v) is 9.83. The molecule has 0 amide bonds. The highest BCUT2D eigenvalue weighted by molar-refractivity contribution is 7.92. The summed E-state index contributed by atoms with van der Waals surface area (Å²) < 4.78 is 28.1. The fourth-order valence-corrected chi connectivity index (χ4v) is 5.00. The highest BCUT2D eigenvalue weighted by atomic mass is 35.5. The number of nitrogens with zero attached hydrogens (tertiary/aromatic N) is 2. The molecule has 0 spiro atoms. The zero-order valence-corrected chi connectivity index (χ0v) is 19.4. The van der Waals surface area contributed by atoms with Gasteiger partial charge in [-0.15, -0.1) is 0 Å². The molecule has 0 atom stereocenters. The summed E-state index contributed by atoms with van der Waals surface area (Å²) in [6.07, 6.45) is 0.565. The molecule has 0 bridgehead atoms. The number of Topliss-reactive ketones (excluding diaryl/α,β-unsaturated/α-hetero) is 1. The Kier molecular flexibility index (Phi) is 7.34. The molecule has 0 radical (unpaired) electrons. The lowest BCUT2D eigenvalue weighted by atomic mass is 10.1. The summed E-state index contributed by atoms with van der Waals surface area (Å²) >= 11 is 6.25. The lowest BCUT2D eigenvalue weighted by molar-refractivity contribution is -0.117. The van der Waals surface area contributed by atoms with E-state index in [1.54, 1.807) is 55.5 Å². The molecular formula is C25H23ClN2O3S. The van der Waals surface area contributed by atoms with Crippen LogP contribution in [0.4, 0.5) is 5.69 Å². The zero-order chi connectivity index (χ0) is 23.3. The SMILES string of the molecule is Cc1ccc(S(=O)(=O)N(CC(=O)CCc2cccc(C#N)c2)c2cccc(Cl)c2C)cc1. The lowest BCUT2D eigenvalue weighted by Crippen LogP contribution is -2.36. The van der Waals surface area contributed by atoms with Gasteiger partial charge in [0.05, 0.1) is 28.8 Å². The van der Waals surface area contributed by atoms with Crippen LogP contribution in [-0.2, 0) is 21.2 Å².